The monoisotopic (exact) mass is 240 g/mol. The predicted molar refractivity (Wildman–Crippen MR) is 64.2 cm³/mol. The lowest BCUT2D eigenvalue weighted by atomic mass is 10.2. The third kappa shape index (κ3) is 2.96. The molecule has 0 aliphatic rings. The van der Waals surface area contributed by atoms with E-state index in [2.05, 4.69) is 9.97 Å². The van der Waals surface area contributed by atoms with Gasteiger partial charge in [0.25, 0.3) is 5.56 Å². The number of carboxylic acid groups (broad SMARTS) is 1. The molecule has 1 rings (SSSR count). The Kier molecular flexibility index (Phi) is 4.08. The van der Waals surface area contributed by atoms with Crippen molar-refractivity contribution in [1.82, 2.24) is 9.97 Å². The van der Waals surface area contributed by atoms with Crippen molar-refractivity contribution in [3.05, 3.63) is 15.9 Å². The molecule has 0 aromatic carbocycles. The van der Waals surface area contributed by atoms with Crippen LogP contribution in [0.2, 0.25) is 0 Å². The van der Waals surface area contributed by atoms with Gasteiger partial charge in [0.05, 0.1) is 12.0 Å². The second kappa shape index (κ2) is 5.33. The van der Waals surface area contributed by atoms with Crippen LogP contribution < -0.4 is 16.2 Å². The van der Waals surface area contributed by atoms with Gasteiger partial charge in [-0.1, -0.05) is 0 Å². The quantitative estimate of drug-likeness (QED) is 0.658. The van der Waals surface area contributed by atoms with Gasteiger partial charge < -0.3 is 15.7 Å². The summed E-state index contributed by atoms with van der Waals surface area (Å²) < 4.78 is 0. The van der Waals surface area contributed by atoms with E-state index in [4.69, 9.17) is 10.8 Å². The summed E-state index contributed by atoms with van der Waals surface area (Å²) in [4.78, 5) is 30.6. The molecule has 0 atom stereocenters. The highest BCUT2D eigenvalue weighted by Gasteiger charge is 2.14. The molecule has 94 valence electrons. The van der Waals surface area contributed by atoms with Crippen molar-refractivity contribution in [2.24, 2.45) is 0 Å². The molecule has 4 N–H and O–H groups in total. The average molecular weight is 240 g/mol. The summed E-state index contributed by atoms with van der Waals surface area (Å²) in [5.41, 5.74) is 5.09. The number of nitrogens with two attached hydrogens (primary N) is 1. The summed E-state index contributed by atoms with van der Waals surface area (Å²) in [5, 5.41) is 8.64. The van der Waals surface area contributed by atoms with Gasteiger partial charge in [-0.2, -0.15) is 4.98 Å². The van der Waals surface area contributed by atoms with Crippen LogP contribution in [0.3, 0.4) is 0 Å². The Hall–Kier alpha value is -2.05. The Morgan fingerprint density at radius 3 is 2.47 bits per heavy atom. The van der Waals surface area contributed by atoms with Crippen LogP contribution in [0.5, 0.6) is 0 Å². The molecule has 0 bridgehead atoms. The first-order valence-electron chi connectivity index (χ1n) is 5.35. The zero-order chi connectivity index (χ0) is 13.0. The number of nitrogens with zero attached hydrogens (tertiary/aromatic N) is 2. The van der Waals surface area contributed by atoms with Gasteiger partial charge in [0, 0.05) is 13.1 Å². The maximum Gasteiger partial charge on any atom is 0.308 e. The molecular formula is C10H16N4O3. The van der Waals surface area contributed by atoms with Crippen LogP contribution in [0, 0.1) is 0 Å². The fourth-order valence-corrected chi connectivity index (χ4v) is 1.50. The number of aliphatic carboxylic acids is 1. The van der Waals surface area contributed by atoms with Gasteiger partial charge in [-0.3, -0.25) is 14.6 Å². The van der Waals surface area contributed by atoms with Gasteiger partial charge in [0.2, 0.25) is 5.95 Å². The van der Waals surface area contributed by atoms with Gasteiger partial charge >= 0.3 is 5.97 Å². The van der Waals surface area contributed by atoms with Crippen molar-refractivity contribution < 1.29 is 9.90 Å². The lowest BCUT2D eigenvalue weighted by molar-refractivity contribution is -0.136. The molecule has 1 heterocycles. The molecule has 0 amide bonds. The van der Waals surface area contributed by atoms with Crippen molar-refractivity contribution in [2.75, 3.05) is 23.7 Å². The van der Waals surface area contributed by atoms with E-state index >= 15 is 0 Å². The summed E-state index contributed by atoms with van der Waals surface area (Å²) in [6.07, 6.45) is -0.424. The molecule has 0 radical (unpaired) electrons. The number of nitrogens with one attached hydrogen (secondary N) is 1. The SMILES string of the molecule is CCN(CC)c1nc(N)c(CC(=O)O)c(=O)[nH]1. The largest absolute Gasteiger partial charge is 0.481 e. The standard InChI is InChI=1S/C10H16N4O3/c1-3-14(4-2)10-12-8(11)6(5-7(15)16)9(17)13-10/h3-5H2,1-2H3,(H,15,16)(H3,11,12,13,17). The molecule has 0 spiro atoms. The van der Waals surface area contributed by atoms with Gasteiger partial charge in [-0.15, -0.1) is 0 Å². The van der Waals surface area contributed by atoms with Crippen LogP contribution in [0.15, 0.2) is 4.79 Å². The molecule has 0 unspecified atom stereocenters. The van der Waals surface area contributed by atoms with Crippen LogP contribution in [0.4, 0.5) is 11.8 Å². The van der Waals surface area contributed by atoms with E-state index < -0.39 is 17.9 Å². The number of hydrogen-bond acceptors (Lipinski definition) is 5. The minimum atomic E-state index is -1.11. The van der Waals surface area contributed by atoms with E-state index in [9.17, 15) is 9.59 Å². The number of carboxylic acids is 1. The Bertz CT molecular complexity index is 465. The first-order valence-corrected chi connectivity index (χ1v) is 5.35. The maximum absolute atomic E-state index is 11.7. The van der Waals surface area contributed by atoms with E-state index in [0.717, 1.165) is 0 Å². The van der Waals surface area contributed by atoms with Gasteiger partial charge in [-0.25, -0.2) is 0 Å². The number of H-pyrrole nitrogens is 1. The number of aromatic amines is 1. The summed E-state index contributed by atoms with van der Waals surface area (Å²) >= 11 is 0. The number of nitrogen functional groups attached to an aromatic ring is 1. The fraction of sp³-hybridized carbons (Fsp3) is 0.500. The highest BCUT2D eigenvalue weighted by molar-refractivity contribution is 5.72. The van der Waals surface area contributed by atoms with Crippen LogP contribution in [-0.2, 0) is 11.2 Å². The van der Waals surface area contributed by atoms with Gasteiger partial charge in [0.1, 0.15) is 5.82 Å². The van der Waals surface area contributed by atoms with Crippen molar-refractivity contribution in [1.29, 1.82) is 0 Å². The zero-order valence-electron chi connectivity index (χ0n) is 9.86. The van der Waals surface area contributed by atoms with Crippen molar-refractivity contribution >= 4 is 17.7 Å². The number of anilines is 2. The Labute approximate surface area is 98.3 Å². The summed E-state index contributed by atoms with van der Waals surface area (Å²) in [6.45, 7) is 5.20. The first kappa shape index (κ1) is 13.0. The Morgan fingerprint density at radius 2 is 2.06 bits per heavy atom. The van der Waals surface area contributed by atoms with Crippen LogP contribution in [-0.4, -0.2) is 34.1 Å². The molecule has 1 aromatic heterocycles. The van der Waals surface area contributed by atoms with E-state index in [1.54, 1.807) is 0 Å². The molecule has 17 heavy (non-hydrogen) atoms. The first-order chi connectivity index (χ1) is 7.99. The molecule has 0 fully saturated rings. The highest BCUT2D eigenvalue weighted by atomic mass is 16.4. The van der Waals surface area contributed by atoms with E-state index in [0.29, 0.717) is 19.0 Å². The van der Waals surface area contributed by atoms with Crippen LogP contribution in [0.1, 0.15) is 19.4 Å². The zero-order valence-corrected chi connectivity index (χ0v) is 9.86. The minimum Gasteiger partial charge on any atom is -0.481 e. The van der Waals surface area contributed by atoms with Crippen molar-refractivity contribution in [3.8, 4) is 0 Å². The molecule has 7 heteroatoms. The molecule has 1 aromatic rings. The third-order valence-corrected chi connectivity index (χ3v) is 2.43. The predicted octanol–water partition coefficient (Wildman–Crippen LogP) is -0.175. The molecule has 0 saturated heterocycles. The smallest absolute Gasteiger partial charge is 0.308 e. The topological polar surface area (TPSA) is 112 Å². The molecule has 7 nitrogen and oxygen atoms in total. The Morgan fingerprint density at radius 1 is 1.47 bits per heavy atom. The number of aromatic nitrogens is 2. The van der Waals surface area contributed by atoms with E-state index in [1.165, 1.54) is 0 Å². The molecule has 0 aliphatic carbocycles. The molecular weight excluding hydrogens is 224 g/mol. The average Bonchev–Trinajstić information content (AvgIpc) is 2.25. The van der Waals surface area contributed by atoms with Crippen molar-refractivity contribution in [2.45, 2.75) is 20.3 Å². The molecule has 0 saturated carbocycles. The van der Waals surface area contributed by atoms with Gasteiger partial charge in [-0.05, 0) is 13.8 Å². The lowest BCUT2D eigenvalue weighted by Gasteiger charge is -2.19. The van der Waals surface area contributed by atoms with E-state index in [1.807, 2.05) is 18.7 Å². The third-order valence-electron chi connectivity index (χ3n) is 2.43. The van der Waals surface area contributed by atoms with Gasteiger partial charge in [0.15, 0.2) is 0 Å². The fourth-order valence-electron chi connectivity index (χ4n) is 1.50. The normalized spacial score (nSPS) is 10.2. The minimum absolute atomic E-state index is 0.00611. The second-order valence-electron chi connectivity index (χ2n) is 3.50. The maximum atomic E-state index is 11.7. The summed E-state index contributed by atoms with van der Waals surface area (Å²) in [7, 11) is 0. The number of rotatable bonds is 5. The Balaban J connectivity index is 3.17. The summed E-state index contributed by atoms with van der Waals surface area (Å²) in [6, 6.07) is 0. The molecule has 0 aliphatic heterocycles. The number of carbonyl (C=O) groups is 1. The summed E-state index contributed by atoms with van der Waals surface area (Å²) in [5.74, 6) is -0.774. The second-order valence-corrected chi connectivity index (χ2v) is 3.50. The van der Waals surface area contributed by atoms with Crippen LogP contribution >= 0.6 is 0 Å². The number of hydrogen-bond donors (Lipinski definition) is 3. The van der Waals surface area contributed by atoms with Crippen molar-refractivity contribution in [3.63, 3.8) is 0 Å². The highest BCUT2D eigenvalue weighted by Crippen LogP contribution is 2.10. The lowest BCUT2D eigenvalue weighted by Crippen LogP contribution is -2.29. The van der Waals surface area contributed by atoms with E-state index in [-0.39, 0.29) is 11.4 Å². The van der Waals surface area contributed by atoms with Crippen LogP contribution in [0.25, 0.3) is 0 Å².